The highest BCUT2D eigenvalue weighted by atomic mass is 16.2. The molecule has 1 amide bonds. The molecule has 5 nitrogen and oxygen atoms in total. The van der Waals surface area contributed by atoms with Crippen molar-refractivity contribution in [2.75, 3.05) is 27.2 Å². The van der Waals surface area contributed by atoms with Crippen molar-refractivity contribution in [2.24, 2.45) is 7.05 Å². The Morgan fingerprint density at radius 1 is 1.47 bits per heavy atom. The van der Waals surface area contributed by atoms with E-state index in [0.717, 1.165) is 24.8 Å². The van der Waals surface area contributed by atoms with Crippen LogP contribution in [0.2, 0.25) is 0 Å². The van der Waals surface area contributed by atoms with Crippen molar-refractivity contribution in [2.45, 2.75) is 18.9 Å². The van der Waals surface area contributed by atoms with Gasteiger partial charge in [0.1, 0.15) is 0 Å². The van der Waals surface area contributed by atoms with Crippen LogP contribution in [0.1, 0.15) is 18.5 Å². The number of rotatable bonds is 6. The van der Waals surface area contributed by atoms with Gasteiger partial charge in [-0.15, -0.1) is 0 Å². The lowest BCUT2D eigenvalue weighted by molar-refractivity contribution is -0.124. The molecular weight excluding hydrogens is 240 g/mol. The maximum atomic E-state index is 11.9. The van der Waals surface area contributed by atoms with Gasteiger partial charge in [-0.25, -0.2) is 4.98 Å². The number of carbonyl (C=O) groups is 1. The summed E-state index contributed by atoms with van der Waals surface area (Å²) >= 11 is 0. The van der Waals surface area contributed by atoms with E-state index in [9.17, 15) is 4.79 Å². The Morgan fingerprint density at radius 2 is 2.21 bits per heavy atom. The molecule has 0 N–H and O–H groups in total. The van der Waals surface area contributed by atoms with Crippen LogP contribution in [0.15, 0.2) is 18.6 Å². The summed E-state index contributed by atoms with van der Waals surface area (Å²) in [7, 11) is 5.88. The SMILES string of the molecule is CN(CCN(C)C1CC1)C(=O)/C=C/c1cncn1C. The number of hydrogen-bond donors (Lipinski definition) is 0. The number of nitrogens with zero attached hydrogens (tertiary/aromatic N) is 4. The van der Waals surface area contributed by atoms with Crippen LogP contribution in [-0.4, -0.2) is 58.5 Å². The third kappa shape index (κ3) is 3.92. The van der Waals surface area contributed by atoms with Crippen LogP contribution in [0.3, 0.4) is 0 Å². The minimum absolute atomic E-state index is 0.0328. The van der Waals surface area contributed by atoms with Crippen molar-refractivity contribution >= 4 is 12.0 Å². The molecule has 0 spiro atoms. The highest BCUT2D eigenvalue weighted by molar-refractivity contribution is 5.91. The van der Waals surface area contributed by atoms with E-state index >= 15 is 0 Å². The Balaban J connectivity index is 1.78. The first kappa shape index (κ1) is 13.8. The fourth-order valence-electron chi connectivity index (χ4n) is 1.93. The van der Waals surface area contributed by atoms with Gasteiger partial charge in [-0.2, -0.15) is 0 Å². The van der Waals surface area contributed by atoms with Crippen LogP contribution in [0.4, 0.5) is 0 Å². The molecular formula is C14H22N4O. The molecule has 5 heteroatoms. The van der Waals surface area contributed by atoms with Gasteiger partial charge in [0.05, 0.1) is 18.2 Å². The average Bonchev–Trinajstić information content (AvgIpc) is 3.17. The fraction of sp³-hybridized carbons (Fsp3) is 0.571. The Morgan fingerprint density at radius 3 is 2.79 bits per heavy atom. The highest BCUT2D eigenvalue weighted by Gasteiger charge is 2.25. The zero-order valence-corrected chi connectivity index (χ0v) is 11.9. The quantitative estimate of drug-likeness (QED) is 0.718. The lowest BCUT2D eigenvalue weighted by atomic mass is 10.3. The van der Waals surface area contributed by atoms with Crippen molar-refractivity contribution in [1.29, 1.82) is 0 Å². The number of carbonyl (C=O) groups excluding carboxylic acids is 1. The molecule has 19 heavy (non-hydrogen) atoms. The van der Waals surface area contributed by atoms with Crippen LogP contribution in [0.5, 0.6) is 0 Å². The molecule has 0 radical (unpaired) electrons. The summed E-state index contributed by atoms with van der Waals surface area (Å²) < 4.78 is 1.88. The number of aryl methyl sites for hydroxylation is 1. The fourth-order valence-corrected chi connectivity index (χ4v) is 1.93. The summed E-state index contributed by atoms with van der Waals surface area (Å²) in [6.07, 6.45) is 9.47. The first-order valence-electron chi connectivity index (χ1n) is 6.67. The van der Waals surface area contributed by atoms with Gasteiger partial charge in [-0.3, -0.25) is 4.79 Å². The minimum Gasteiger partial charge on any atom is -0.341 e. The maximum absolute atomic E-state index is 11.9. The van der Waals surface area contributed by atoms with Crippen molar-refractivity contribution in [3.63, 3.8) is 0 Å². The van der Waals surface area contributed by atoms with Crippen LogP contribution < -0.4 is 0 Å². The van der Waals surface area contributed by atoms with Gasteiger partial charge in [0.2, 0.25) is 5.91 Å². The van der Waals surface area contributed by atoms with E-state index < -0.39 is 0 Å². The molecule has 0 bridgehead atoms. The second-order valence-electron chi connectivity index (χ2n) is 5.23. The second-order valence-corrected chi connectivity index (χ2v) is 5.23. The Bertz CT molecular complexity index is 462. The van der Waals surface area contributed by atoms with Gasteiger partial charge < -0.3 is 14.4 Å². The number of imidazole rings is 1. The molecule has 1 aliphatic rings. The third-order valence-corrected chi connectivity index (χ3v) is 3.59. The lowest BCUT2D eigenvalue weighted by Gasteiger charge is -2.20. The summed E-state index contributed by atoms with van der Waals surface area (Å²) in [4.78, 5) is 20.0. The molecule has 0 aliphatic heterocycles. The maximum Gasteiger partial charge on any atom is 0.246 e. The second kappa shape index (κ2) is 6.02. The van der Waals surface area contributed by atoms with Crippen molar-refractivity contribution in [3.8, 4) is 0 Å². The smallest absolute Gasteiger partial charge is 0.246 e. The summed E-state index contributed by atoms with van der Waals surface area (Å²) in [6.45, 7) is 1.70. The molecule has 0 unspecified atom stereocenters. The van der Waals surface area contributed by atoms with Crippen LogP contribution >= 0.6 is 0 Å². The topological polar surface area (TPSA) is 41.4 Å². The average molecular weight is 262 g/mol. The summed E-state index contributed by atoms with van der Waals surface area (Å²) in [5.74, 6) is 0.0328. The van der Waals surface area contributed by atoms with E-state index in [2.05, 4.69) is 16.9 Å². The van der Waals surface area contributed by atoms with E-state index in [1.54, 1.807) is 29.6 Å². The van der Waals surface area contributed by atoms with Crippen LogP contribution in [-0.2, 0) is 11.8 Å². The monoisotopic (exact) mass is 262 g/mol. The van der Waals surface area contributed by atoms with Gasteiger partial charge in [0.25, 0.3) is 0 Å². The first-order chi connectivity index (χ1) is 9.08. The molecule has 1 heterocycles. The number of amides is 1. The van der Waals surface area contributed by atoms with E-state index in [1.165, 1.54) is 12.8 Å². The molecule has 2 rings (SSSR count). The molecule has 0 aromatic carbocycles. The van der Waals surface area contributed by atoms with Crippen molar-refractivity contribution < 1.29 is 4.79 Å². The van der Waals surface area contributed by atoms with Gasteiger partial charge in [0, 0.05) is 39.3 Å². The zero-order chi connectivity index (χ0) is 13.8. The van der Waals surface area contributed by atoms with Gasteiger partial charge >= 0.3 is 0 Å². The Hall–Kier alpha value is -1.62. The normalized spacial score (nSPS) is 15.4. The van der Waals surface area contributed by atoms with Crippen molar-refractivity contribution in [3.05, 3.63) is 24.3 Å². The van der Waals surface area contributed by atoms with Gasteiger partial charge in [-0.05, 0) is 26.0 Å². The van der Waals surface area contributed by atoms with Crippen LogP contribution in [0.25, 0.3) is 6.08 Å². The highest BCUT2D eigenvalue weighted by Crippen LogP contribution is 2.24. The van der Waals surface area contributed by atoms with E-state index in [1.807, 2.05) is 18.7 Å². The Labute approximate surface area is 114 Å². The molecule has 0 atom stereocenters. The van der Waals surface area contributed by atoms with E-state index in [0.29, 0.717) is 0 Å². The van der Waals surface area contributed by atoms with Gasteiger partial charge in [-0.1, -0.05) is 0 Å². The van der Waals surface area contributed by atoms with E-state index in [4.69, 9.17) is 0 Å². The molecule has 1 saturated carbocycles. The Kier molecular flexibility index (Phi) is 4.37. The van der Waals surface area contributed by atoms with Gasteiger partial charge in [0.15, 0.2) is 0 Å². The largest absolute Gasteiger partial charge is 0.341 e. The third-order valence-electron chi connectivity index (χ3n) is 3.59. The summed E-state index contributed by atoms with van der Waals surface area (Å²) in [5.41, 5.74) is 0.928. The summed E-state index contributed by atoms with van der Waals surface area (Å²) in [5, 5.41) is 0. The van der Waals surface area contributed by atoms with E-state index in [-0.39, 0.29) is 5.91 Å². The zero-order valence-electron chi connectivity index (χ0n) is 11.9. The standard InChI is InChI=1S/C14H22N4O/c1-16(12-4-5-12)8-9-17(2)14(19)7-6-13-10-15-11-18(13)3/h6-7,10-12H,4-5,8-9H2,1-3H3/b7-6+. The minimum atomic E-state index is 0.0328. The predicted molar refractivity (Wildman–Crippen MR) is 75.5 cm³/mol. The molecule has 104 valence electrons. The molecule has 0 saturated heterocycles. The number of hydrogen-bond acceptors (Lipinski definition) is 3. The molecule has 1 aromatic rings. The molecule has 1 aromatic heterocycles. The predicted octanol–water partition coefficient (Wildman–Crippen LogP) is 0.986. The number of likely N-dealkylation sites (N-methyl/N-ethyl adjacent to an activating group) is 2. The molecule has 1 fully saturated rings. The first-order valence-corrected chi connectivity index (χ1v) is 6.67. The van der Waals surface area contributed by atoms with Crippen LogP contribution in [0, 0.1) is 0 Å². The summed E-state index contributed by atoms with van der Waals surface area (Å²) in [6, 6.07) is 0.744. The lowest BCUT2D eigenvalue weighted by Crippen LogP contribution is -2.34. The van der Waals surface area contributed by atoms with Crippen molar-refractivity contribution in [1.82, 2.24) is 19.4 Å². The number of aromatic nitrogens is 2. The molecule has 1 aliphatic carbocycles.